The number of rotatable bonds is 5. The third kappa shape index (κ3) is 3.85. The summed E-state index contributed by atoms with van der Waals surface area (Å²) in [6, 6.07) is 3.08. The molecular formula is C23H15F5N8O2. The van der Waals surface area contributed by atoms with Gasteiger partial charge in [-0.15, -0.1) is 6.42 Å². The van der Waals surface area contributed by atoms with Gasteiger partial charge in [0, 0.05) is 18.2 Å². The number of hydrogen-bond donors (Lipinski definition) is 2. The third-order valence-electron chi connectivity index (χ3n) is 6.21. The van der Waals surface area contributed by atoms with Gasteiger partial charge in [-0.3, -0.25) is 14.6 Å². The minimum Gasteiger partial charge on any atom is -0.309 e. The molecule has 1 unspecified atom stereocenters. The van der Waals surface area contributed by atoms with Crippen LogP contribution in [-0.2, 0) is 16.6 Å². The van der Waals surface area contributed by atoms with E-state index in [2.05, 4.69) is 41.3 Å². The van der Waals surface area contributed by atoms with Crippen molar-refractivity contribution in [2.75, 3.05) is 5.32 Å². The SMILES string of the molecule is C#Cc1ccc(C2(C)C(=O)Nc3nc(-c4cn5ncnc5c(CCC(F)(F)C(F)(F)F)n4)[nH]c(=O)c32)nc1. The van der Waals surface area contributed by atoms with Crippen molar-refractivity contribution in [2.24, 2.45) is 0 Å². The first-order valence-electron chi connectivity index (χ1n) is 10.9. The average Bonchev–Trinajstić information content (AvgIpc) is 3.44. The van der Waals surface area contributed by atoms with Gasteiger partial charge in [0.2, 0.25) is 5.91 Å². The summed E-state index contributed by atoms with van der Waals surface area (Å²) in [5.74, 6) is -3.41. The second-order valence-electron chi connectivity index (χ2n) is 8.60. The normalized spacial score (nSPS) is 17.3. The van der Waals surface area contributed by atoms with Gasteiger partial charge in [0.1, 0.15) is 23.3 Å². The highest BCUT2D eigenvalue weighted by molar-refractivity contribution is 6.07. The van der Waals surface area contributed by atoms with Crippen LogP contribution in [0.4, 0.5) is 27.8 Å². The molecule has 10 nitrogen and oxygen atoms in total. The summed E-state index contributed by atoms with van der Waals surface area (Å²) in [6.45, 7) is 1.49. The first kappa shape index (κ1) is 24.9. The number of hydrogen-bond acceptors (Lipinski definition) is 7. The van der Waals surface area contributed by atoms with Gasteiger partial charge in [0.15, 0.2) is 11.5 Å². The molecule has 1 atom stereocenters. The average molecular weight is 530 g/mol. The number of terminal acetylenes is 1. The number of halogens is 5. The molecule has 0 spiro atoms. The molecule has 0 radical (unpaired) electrons. The molecule has 15 heteroatoms. The maximum absolute atomic E-state index is 13.6. The molecule has 4 aromatic rings. The highest BCUT2D eigenvalue weighted by Crippen LogP contribution is 2.40. The van der Waals surface area contributed by atoms with Crippen LogP contribution in [0.2, 0.25) is 0 Å². The zero-order chi connectivity index (χ0) is 27.5. The molecule has 5 heterocycles. The summed E-state index contributed by atoms with van der Waals surface area (Å²) >= 11 is 0. The number of aromatic nitrogens is 7. The van der Waals surface area contributed by atoms with E-state index in [0.29, 0.717) is 5.56 Å². The number of nitrogens with one attached hydrogen (secondary N) is 2. The number of carbonyl (C=O) groups is 1. The Morgan fingerprint density at radius 1 is 1.13 bits per heavy atom. The summed E-state index contributed by atoms with van der Waals surface area (Å²) in [5.41, 5.74) is -1.93. The van der Waals surface area contributed by atoms with Crippen LogP contribution < -0.4 is 10.9 Å². The highest BCUT2D eigenvalue weighted by atomic mass is 19.4. The van der Waals surface area contributed by atoms with E-state index in [1.165, 1.54) is 25.4 Å². The lowest BCUT2D eigenvalue weighted by Crippen LogP contribution is -2.37. The van der Waals surface area contributed by atoms with Gasteiger partial charge in [-0.2, -0.15) is 27.1 Å². The zero-order valence-electron chi connectivity index (χ0n) is 19.3. The van der Waals surface area contributed by atoms with Gasteiger partial charge in [0.25, 0.3) is 5.56 Å². The lowest BCUT2D eigenvalue weighted by Gasteiger charge is -2.20. The molecule has 1 amide bonds. The highest BCUT2D eigenvalue weighted by Gasteiger charge is 2.56. The van der Waals surface area contributed by atoms with Gasteiger partial charge < -0.3 is 10.3 Å². The van der Waals surface area contributed by atoms with Crippen molar-refractivity contribution in [3.8, 4) is 23.9 Å². The van der Waals surface area contributed by atoms with Crippen LogP contribution in [0.25, 0.3) is 17.2 Å². The minimum absolute atomic E-state index is 0.0286. The van der Waals surface area contributed by atoms with Gasteiger partial charge in [-0.1, -0.05) is 5.92 Å². The predicted octanol–water partition coefficient (Wildman–Crippen LogP) is 2.64. The van der Waals surface area contributed by atoms with Crippen molar-refractivity contribution >= 4 is 17.4 Å². The topological polar surface area (TPSA) is 131 Å². The van der Waals surface area contributed by atoms with Crippen molar-refractivity contribution in [3.05, 3.63) is 63.7 Å². The fourth-order valence-corrected chi connectivity index (χ4v) is 4.10. The number of fused-ring (bicyclic) bond motifs is 2. The molecule has 0 aromatic carbocycles. The molecule has 1 aliphatic rings. The standard InChI is InChI=1S/C23H15F5N8O2/c1-3-11-4-5-14(29-8-11)21(2)15-17(35-20(21)38)33-16(34-19(15)37)13-9-36-18(30-10-31-36)12(32-13)6-7-22(24,25)23(26,27)28/h1,4-5,8-10H,6-7H2,2H3,(H2,33,34,35,37,38). The maximum Gasteiger partial charge on any atom is 0.453 e. The Kier molecular flexibility index (Phi) is 5.51. The van der Waals surface area contributed by atoms with Crippen molar-refractivity contribution < 1.29 is 26.7 Å². The predicted molar refractivity (Wildman–Crippen MR) is 121 cm³/mol. The number of carbonyl (C=O) groups excluding carboxylic acids is 1. The Balaban J connectivity index is 1.57. The first-order chi connectivity index (χ1) is 17.8. The number of H-pyrrole nitrogens is 1. The van der Waals surface area contributed by atoms with Crippen molar-refractivity contribution in [1.82, 2.24) is 34.5 Å². The monoisotopic (exact) mass is 530 g/mol. The van der Waals surface area contributed by atoms with E-state index in [1.54, 1.807) is 6.07 Å². The van der Waals surface area contributed by atoms with Crippen LogP contribution >= 0.6 is 0 Å². The van der Waals surface area contributed by atoms with Gasteiger partial charge in [-0.25, -0.2) is 19.5 Å². The molecule has 0 saturated carbocycles. The Labute approximate surface area is 209 Å². The van der Waals surface area contributed by atoms with Crippen molar-refractivity contribution in [3.63, 3.8) is 0 Å². The summed E-state index contributed by atoms with van der Waals surface area (Å²) in [4.78, 5) is 45.1. The molecule has 38 heavy (non-hydrogen) atoms. The number of anilines is 1. The fraction of sp³-hybridized carbons (Fsp3) is 0.261. The molecule has 194 valence electrons. The molecule has 2 N–H and O–H groups in total. The largest absolute Gasteiger partial charge is 0.453 e. The van der Waals surface area contributed by atoms with Gasteiger partial charge >= 0.3 is 12.1 Å². The molecule has 0 saturated heterocycles. The van der Waals surface area contributed by atoms with E-state index in [-0.39, 0.29) is 39.9 Å². The van der Waals surface area contributed by atoms with E-state index in [9.17, 15) is 31.5 Å². The number of aryl methyl sites for hydroxylation is 1. The summed E-state index contributed by atoms with van der Waals surface area (Å²) < 4.78 is 66.2. The third-order valence-corrected chi connectivity index (χ3v) is 6.21. The molecule has 5 rings (SSSR count). The fourth-order valence-electron chi connectivity index (χ4n) is 4.10. The summed E-state index contributed by atoms with van der Waals surface area (Å²) in [6.07, 6.45) is 0.934. The van der Waals surface area contributed by atoms with Crippen molar-refractivity contribution in [1.29, 1.82) is 0 Å². The Hall–Kier alpha value is -4.74. The zero-order valence-corrected chi connectivity index (χ0v) is 19.3. The number of nitrogens with zero attached hydrogens (tertiary/aromatic N) is 6. The van der Waals surface area contributed by atoms with E-state index in [4.69, 9.17) is 6.42 Å². The van der Waals surface area contributed by atoms with Crippen LogP contribution in [-0.4, -0.2) is 52.5 Å². The molecule has 4 aromatic heterocycles. The second-order valence-corrected chi connectivity index (χ2v) is 8.60. The first-order valence-corrected chi connectivity index (χ1v) is 10.9. The number of aromatic amines is 1. The Bertz CT molecular complexity index is 1690. The molecule has 0 aliphatic carbocycles. The summed E-state index contributed by atoms with van der Waals surface area (Å²) in [7, 11) is 0. The number of alkyl halides is 5. The van der Waals surface area contributed by atoms with E-state index < -0.39 is 41.8 Å². The molecular weight excluding hydrogens is 515 g/mol. The van der Waals surface area contributed by atoms with Gasteiger partial charge in [-0.05, 0) is 25.5 Å². The number of pyridine rings is 1. The van der Waals surface area contributed by atoms with Crippen molar-refractivity contribution in [2.45, 2.75) is 37.3 Å². The lowest BCUT2D eigenvalue weighted by atomic mass is 9.81. The molecule has 0 fully saturated rings. The van der Waals surface area contributed by atoms with E-state index in [1.807, 2.05) is 0 Å². The lowest BCUT2D eigenvalue weighted by molar-refractivity contribution is -0.284. The van der Waals surface area contributed by atoms with Crippen LogP contribution in [0.3, 0.4) is 0 Å². The summed E-state index contributed by atoms with van der Waals surface area (Å²) in [5, 5.41) is 6.42. The molecule has 1 aliphatic heterocycles. The number of amides is 1. The van der Waals surface area contributed by atoms with E-state index >= 15 is 0 Å². The Morgan fingerprint density at radius 2 is 1.89 bits per heavy atom. The smallest absolute Gasteiger partial charge is 0.309 e. The van der Waals surface area contributed by atoms with Crippen LogP contribution in [0, 0.1) is 12.3 Å². The quantitative estimate of drug-likeness (QED) is 0.300. The van der Waals surface area contributed by atoms with E-state index in [0.717, 1.165) is 10.8 Å². The van der Waals surface area contributed by atoms with Crippen LogP contribution in [0.15, 0.2) is 35.6 Å². The molecule has 0 bridgehead atoms. The van der Waals surface area contributed by atoms with Gasteiger partial charge in [0.05, 0.1) is 23.1 Å². The second kappa shape index (κ2) is 8.40. The van der Waals surface area contributed by atoms with Crippen LogP contribution in [0.1, 0.15) is 35.9 Å². The van der Waals surface area contributed by atoms with Crippen LogP contribution in [0.5, 0.6) is 0 Å². The Morgan fingerprint density at radius 3 is 2.55 bits per heavy atom. The minimum atomic E-state index is -5.73. The maximum atomic E-state index is 13.6.